The van der Waals surface area contributed by atoms with E-state index >= 15 is 0 Å². The zero-order valence-corrected chi connectivity index (χ0v) is 19.3. The average Bonchev–Trinajstić information content (AvgIpc) is 2.72. The summed E-state index contributed by atoms with van der Waals surface area (Å²) >= 11 is 0. The topological polar surface area (TPSA) is 83.6 Å². The minimum Gasteiger partial charge on any atom is -0.372 e. The summed E-state index contributed by atoms with van der Waals surface area (Å²) in [7, 11) is 0. The predicted molar refractivity (Wildman–Crippen MR) is 123 cm³/mol. The number of rotatable bonds is 6. The van der Waals surface area contributed by atoms with Crippen molar-refractivity contribution in [2.75, 3.05) is 29.9 Å². The maximum absolute atomic E-state index is 13.0. The van der Waals surface area contributed by atoms with Crippen LogP contribution < -0.4 is 15.5 Å². The molecule has 2 amide bonds. The third kappa shape index (κ3) is 4.49. The first-order valence-corrected chi connectivity index (χ1v) is 12.3. The molecule has 4 aliphatic carbocycles. The van der Waals surface area contributed by atoms with Crippen LogP contribution in [0.5, 0.6) is 0 Å². The number of ether oxygens (including phenoxy) is 1. The normalized spacial score (nSPS) is 35.6. The van der Waals surface area contributed by atoms with Crippen molar-refractivity contribution in [1.82, 2.24) is 10.3 Å². The van der Waals surface area contributed by atoms with E-state index in [9.17, 15) is 9.59 Å². The van der Waals surface area contributed by atoms with Crippen molar-refractivity contribution in [3.05, 3.63) is 18.3 Å². The van der Waals surface area contributed by atoms with E-state index in [0.717, 1.165) is 55.9 Å². The van der Waals surface area contributed by atoms with Gasteiger partial charge < -0.3 is 20.3 Å². The molecule has 2 heterocycles. The Kier molecular flexibility index (Phi) is 5.86. The highest BCUT2D eigenvalue weighted by molar-refractivity contribution is 5.91. The fourth-order valence-electron chi connectivity index (χ4n) is 7.10. The highest BCUT2D eigenvalue weighted by Crippen LogP contribution is 2.60. The maximum atomic E-state index is 13.0. The van der Waals surface area contributed by atoms with E-state index in [1.807, 2.05) is 12.1 Å². The molecule has 7 heteroatoms. The van der Waals surface area contributed by atoms with Gasteiger partial charge >= 0.3 is 0 Å². The number of morpholine rings is 1. The quantitative estimate of drug-likeness (QED) is 0.709. The zero-order valence-electron chi connectivity index (χ0n) is 19.3. The Morgan fingerprint density at radius 3 is 2.25 bits per heavy atom. The van der Waals surface area contributed by atoms with Crippen molar-refractivity contribution in [2.45, 2.75) is 71.0 Å². The van der Waals surface area contributed by atoms with E-state index in [0.29, 0.717) is 12.2 Å². The molecule has 5 aliphatic rings. The van der Waals surface area contributed by atoms with Crippen LogP contribution in [-0.2, 0) is 14.3 Å². The maximum Gasteiger partial charge on any atom is 0.226 e. The molecule has 0 aromatic carbocycles. The molecule has 4 saturated carbocycles. The Morgan fingerprint density at radius 2 is 1.69 bits per heavy atom. The van der Waals surface area contributed by atoms with Crippen LogP contribution in [0.15, 0.2) is 18.3 Å². The minimum absolute atomic E-state index is 0.0982. The first-order chi connectivity index (χ1) is 15.4. The predicted octanol–water partition coefficient (Wildman–Crippen LogP) is 3.36. The average molecular weight is 441 g/mol. The van der Waals surface area contributed by atoms with Gasteiger partial charge in [-0.2, -0.15) is 0 Å². The lowest BCUT2D eigenvalue weighted by atomic mass is 9.49. The summed E-state index contributed by atoms with van der Waals surface area (Å²) in [5, 5.41) is 5.99. The lowest BCUT2D eigenvalue weighted by Gasteiger charge is -2.55. The molecule has 1 aromatic rings. The van der Waals surface area contributed by atoms with Crippen molar-refractivity contribution in [3.63, 3.8) is 0 Å². The fourth-order valence-corrected chi connectivity index (χ4v) is 7.10. The molecule has 1 aromatic heterocycles. The second-order valence-corrected chi connectivity index (χ2v) is 10.8. The standard InChI is InChI=1S/C25H36N4O3/c1-16-14-29(15-17(2)32-16)22-4-3-21(13-27-22)28-23(30)5-6-26-24(31)25-10-18-7-19(11-25)9-20(8-18)12-25/h3-4,13,16-20H,5-12,14-15H2,1-2H3,(H,26,31)(H,28,30). The monoisotopic (exact) mass is 440 g/mol. The molecule has 0 radical (unpaired) electrons. The number of carbonyl (C=O) groups excluding carboxylic acids is 2. The van der Waals surface area contributed by atoms with Gasteiger partial charge in [-0.15, -0.1) is 0 Å². The molecule has 7 nitrogen and oxygen atoms in total. The molecule has 1 saturated heterocycles. The molecular formula is C25H36N4O3. The fraction of sp³-hybridized carbons (Fsp3) is 0.720. The number of hydrogen-bond donors (Lipinski definition) is 2. The van der Waals surface area contributed by atoms with Crippen molar-refractivity contribution in [2.24, 2.45) is 23.2 Å². The Morgan fingerprint density at radius 1 is 1.06 bits per heavy atom. The zero-order chi connectivity index (χ0) is 22.3. The van der Waals surface area contributed by atoms with Crippen LogP contribution in [0.3, 0.4) is 0 Å². The van der Waals surface area contributed by atoms with E-state index < -0.39 is 0 Å². The van der Waals surface area contributed by atoms with Crippen LogP contribution in [0.4, 0.5) is 11.5 Å². The van der Waals surface area contributed by atoms with Gasteiger partial charge in [0, 0.05) is 31.5 Å². The summed E-state index contributed by atoms with van der Waals surface area (Å²) in [6, 6.07) is 3.83. The van der Waals surface area contributed by atoms with Gasteiger partial charge in [0.05, 0.1) is 24.1 Å². The summed E-state index contributed by atoms with van der Waals surface area (Å²) in [5.74, 6) is 3.22. The molecule has 174 valence electrons. The van der Waals surface area contributed by atoms with Crippen LogP contribution in [-0.4, -0.2) is 48.6 Å². The molecule has 5 fully saturated rings. The third-order valence-corrected chi connectivity index (χ3v) is 7.93. The summed E-state index contributed by atoms with van der Waals surface area (Å²) in [4.78, 5) is 32.1. The van der Waals surface area contributed by atoms with Crippen molar-refractivity contribution in [1.29, 1.82) is 0 Å². The van der Waals surface area contributed by atoms with Crippen molar-refractivity contribution in [3.8, 4) is 0 Å². The van der Waals surface area contributed by atoms with Gasteiger partial charge in [0.25, 0.3) is 0 Å². The van der Waals surface area contributed by atoms with E-state index in [-0.39, 0.29) is 35.9 Å². The lowest BCUT2D eigenvalue weighted by Crippen LogP contribution is -2.53. The van der Waals surface area contributed by atoms with E-state index in [2.05, 4.69) is 34.4 Å². The Hall–Kier alpha value is -2.15. The van der Waals surface area contributed by atoms with Crippen LogP contribution in [0, 0.1) is 23.2 Å². The third-order valence-electron chi connectivity index (χ3n) is 7.93. The number of nitrogens with zero attached hydrogens (tertiary/aromatic N) is 2. The molecule has 2 atom stereocenters. The van der Waals surface area contributed by atoms with Gasteiger partial charge in [0.2, 0.25) is 11.8 Å². The first kappa shape index (κ1) is 21.7. The Balaban J connectivity index is 1.08. The number of carbonyl (C=O) groups is 2. The van der Waals surface area contributed by atoms with Crippen LogP contribution >= 0.6 is 0 Å². The minimum atomic E-state index is -0.153. The Bertz CT molecular complexity index is 810. The van der Waals surface area contributed by atoms with E-state index in [1.54, 1.807) is 6.20 Å². The molecule has 2 N–H and O–H groups in total. The molecule has 4 bridgehead atoms. The molecule has 0 spiro atoms. The van der Waals surface area contributed by atoms with Gasteiger partial charge in [-0.25, -0.2) is 4.98 Å². The highest BCUT2D eigenvalue weighted by Gasteiger charge is 2.54. The summed E-state index contributed by atoms with van der Waals surface area (Å²) < 4.78 is 5.78. The number of amides is 2. The lowest BCUT2D eigenvalue weighted by molar-refractivity contribution is -0.146. The SMILES string of the molecule is CC1CN(c2ccc(NC(=O)CCNC(=O)C34CC5CC(CC(C5)C3)C4)cn2)CC(C)O1. The van der Waals surface area contributed by atoms with Gasteiger partial charge in [-0.1, -0.05) is 0 Å². The van der Waals surface area contributed by atoms with Gasteiger partial charge in [-0.3, -0.25) is 9.59 Å². The first-order valence-electron chi connectivity index (χ1n) is 12.3. The molecular weight excluding hydrogens is 404 g/mol. The molecule has 1 aliphatic heterocycles. The highest BCUT2D eigenvalue weighted by atomic mass is 16.5. The van der Waals surface area contributed by atoms with Gasteiger partial charge in [-0.05, 0) is 82.3 Å². The number of nitrogens with one attached hydrogen (secondary N) is 2. The number of hydrogen-bond acceptors (Lipinski definition) is 5. The number of aromatic nitrogens is 1. The van der Waals surface area contributed by atoms with Crippen LogP contribution in [0.2, 0.25) is 0 Å². The van der Waals surface area contributed by atoms with Gasteiger partial charge in [0.1, 0.15) is 5.82 Å². The smallest absolute Gasteiger partial charge is 0.226 e. The molecule has 2 unspecified atom stereocenters. The second kappa shape index (κ2) is 8.65. The van der Waals surface area contributed by atoms with Crippen LogP contribution in [0.25, 0.3) is 0 Å². The summed E-state index contributed by atoms with van der Waals surface area (Å²) in [5.41, 5.74) is 0.528. The van der Waals surface area contributed by atoms with Gasteiger partial charge in [0.15, 0.2) is 0 Å². The molecule has 6 rings (SSSR count). The van der Waals surface area contributed by atoms with Crippen LogP contribution in [0.1, 0.15) is 58.8 Å². The molecule has 32 heavy (non-hydrogen) atoms. The number of pyridine rings is 1. The summed E-state index contributed by atoms with van der Waals surface area (Å²) in [6.45, 7) is 6.15. The van der Waals surface area contributed by atoms with E-state index in [1.165, 1.54) is 19.3 Å². The largest absolute Gasteiger partial charge is 0.372 e. The van der Waals surface area contributed by atoms with Crippen molar-refractivity contribution < 1.29 is 14.3 Å². The number of anilines is 2. The van der Waals surface area contributed by atoms with Crippen molar-refractivity contribution >= 4 is 23.3 Å². The van der Waals surface area contributed by atoms with E-state index in [4.69, 9.17) is 4.74 Å². The Labute approximate surface area is 190 Å². The second-order valence-electron chi connectivity index (χ2n) is 10.8. The summed E-state index contributed by atoms with van der Waals surface area (Å²) in [6.07, 6.45) is 9.45.